The standard InChI is InChI=1S/C28H30Cl3N3O4S/c1-19(2)32-28(36)26(15-20-8-5-4-6-9-20)33(17-21-10-7-11-22(29)14-21)27(35)18-34(39(3,37)38)25-13-12-23(30)16-24(25)31/h4-14,16,19,26H,15,17-18H2,1-3H3,(H,32,36). The SMILES string of the molecule is CC(C)NC(=O)C(Cc1ccccc1)N(Cc1cccc(Cl)c1)C(=O)CN(c1ccc(Cl)cc1Cl)S(C)(=O)=O. The van der Waals surface area contributed by atoms with Crippen LogP contribution in [0.1, 0.15) is 25.0 Å². The highest BCUT2D eigenvalue weighted by atomic mass is 35.5. The van der Waals surface area contributed by atoms with E-state index >= 15 is 0 Å². The minimum Gasteiger partial charge on any atom is -0.352 e. The van der Waals surface area contributed by atoms with Gasteiger partial charge in [-0.25, -0.2) is 8.42 Å². The maximum atomic E-state index is 14.0. The van der Waals surface area contributed by atoms with Crippen LogP contribution in [0.15, 0.2) is 72.8 Å². The molecule has 0 spiro atoms. The summed E-state index contributed by atoms with van der Waals surface area (Å²) in [5.74, 6) is -0.953. The van der Waals surface area contributed by atoms with Crippen molar-refractivity contribution in [2.75, 3.05) is 17.1 Å². The van der Waals surface area contributed by atoms with Gasteiger partial charge in [0.25, 0.3) is 0 Å². The van der Waals surface area contributed by atoms with Crippen molar-refractivity contribution < 1.29 is 18.0 Å². The van der Waals surface area contributed by atoms with Crippen molar-refractivity contribution in [2.45, 2.75) is 38.9 Å². The fourth-order valence-corrected chi connectivity index (χ4v) is 5.68. The van der Waals surface area contributed by atoms with E-state index in [1.165, 1.54) is 23.1 Å². The molecule has 0 aromatic heterocycles. The number of nitrogens with zero attached hydrogens (tertiary/aromatic N) is 2. The monoisotopic (exact) mass is 609 g/mol. The van der Waals surface area contributed by atoms with Crippen LogP contribution in [0.4, 0.5) is 5.69 Å². The molecule has 0 saturated heterocycles. The molecule has 2 amide bonds. The van der Waals surface area contributed by atoms with E-state index in [0.29, 0.717) is 15.6 Å². The molecule has 7 nitrogen and oxygen atoms in total. The molecule has 1 atom stereocenters. The van der Waals surface area contributed by atoms with Gasteiger partial charge in [0.05, 0.1) is 17.0 Å². The smallest absolute Gasteiger partial charge is 0.244 e. The van der Waals surface area contributed by atoms with E-state index in [4.69, 9.17) is 34.8 Å². The third-order valence-electron chi connectivity index (χ3n) is 5.80. The molecule has 0 radical (unpaired) electrons. The number of halogens is 3. The van der Waals surface area contributed by atoms with Crippen LogP contribution in [0.3, 0.4) is 0 Å². The molecule has 39 heavy (non-hydrogen) atoms. The van der Waals surface area contributed by atoms with E-state index in [1.807, 2.05) is 44.2 Å². The Kier molecular flexibility index (Phi) is 10.7. The quantitative estimate of drug-likeness (QED) is 0.307. The van der Waals surface area contributed by atoms with E-state index in [0.717, 1.165) is 16.1 Å². The molecule has 3 aromatic rings. The Morgan fingerprint density at radius 1 is 0.872 bits per heavy atom. The van der Waals surface area contributed by atoms with Crippen LogP contribution in [-0.2, 0) is 32.6 Å². The number of hydrogen-bond donors (Lipinski definition) is 1. The van der Waals surface area contributed by atoms with Gasteiger partial charge in [0.1, 0.15) is 12.6 Å². The van der Waals surface area contributed by atoms with E-state index in [-0.39, 0.29) is 35.6 Å². The second-order valence-corrected chi connectivity index (χ2v) is 12.6. The van der Waals surface area contributed by atoms with Gasteiger partial charge in [0, 0.05) is 29.1 Å². The van der Waals surface area contributed by atoms with Gasteiger partial charge in [-0.1, -0.05) is 77.3 Å². The summed E-state index contributed by atoms with van der Waals surface area (Å²) in [6.07, 6.45) is 1.20. The lowest BCUT2D eigenvalue weighted by Gasteiger charge is -2.34. The molecule has 0 aliphatic carbocycles. The van der Waals surface area contributed by atoms with Crippen LogP contribution in [-0.4, -0.2) is 50.0 Å². The molecule has 1 unspecified atom stereocenters. The molecule has 0 aliphatic rings. The van der Waals surface area contributed by atoms with Crippen LogP contribution in [0.2, 0.25) is 15.1 Å². The molecule has 1 N–H and O–H groups in total. The number of anilines is 1. The minimum absolute atomic E-state index is 0.0222. The Balaban J connectivity index is 2.07. The number of rotatable bonds is 11. The van der Waals surface area contributed by atoms with Crippen molar-refractivity contribution in [3.8, 4) is 0 Å². The molecule has 3 rings (SSSR count). The first-order valence-electron chi connectivity index (χ1n) is 12.2. The van der Waals surface area contributed by atoms with Gasteiger partial charge in [-0.05, 0) is 55.3 Å². The van der Waals surface area contributed by atoms with Gasteiger partial charge < -0.3 is 10.2 Å². The predicted octanol–water partition coefficient (Wildman–Crippen LogP) is 5.58. The fourth-order valence-electron chi connectivity index (χ4n) is 4.04. The summed E-state index contributed by atoms with van der Waals surface area (Å²) in [6.45, 7) is 3.10. The van der Waals surface area contributed by atoms with Gasteiger partial charge in [-0.3, -0.25) is 13.9 Å². The average Bonchev–Trinajstić information content (AvgIpc) is 2.84. The van der Waals surface area contributed by atoms with Crippen LogP contribution in [0, 0.1) is 0 Å². The molecular formula is C28H30Cl3N3O4S. The third kappa shape index (κ3) is 8.86. The molecule has 0 fully saturated rings. The highest BCUT2D eigenvalue weighted by Crippen LogP contribution is 2.30. The number of benzene rings is 3. The largest absolute Gasteiger partial charge is 0.352 e. The lowest BCUT2D eigenvalue weighted by molar-refractivity contribution is -0.140. The predicted molar refractivity (Wildman–Crippen MR) is 158 cm³/mol. The third-order valence-corrected chi connectivity index (χ3v) is 7.70. The number of hydrogen-bond acceptors (Lipinski definition) is 4. The number of carbonyl (C=O) groups is 2. The molecule has 3 aromatic carbocycles. The Morgan fingerprint density at radius 2 is 1.51 bits per heavy atom. The Bertz CT molecular complexity index is 1420. The summed E-state index contributed by atoms with van der Waals surface area (Å²) in [6, 6.07) is 19.5. The maximum absolute atomic E-state index is 14.0. The molecule has 0 bridgehead atoms. The van der Waals surface area contributed by atoms with Gasteiger partial charge in [0.2, 0.25) is 21.8 Å². The number of amides is 2. The average molecular weight is 611 g/mol. The second kappa shape index (κ2) is 13.5. The van der Waals surface area contributed by atoms with Gasteiger partial charge >= 0.3 is 0 Å². The van der Waals surface area contributed by atoms with Gasteiger partial charge in [-0.2, -0.15) is 0 Å². The highest BCUT2D eigenvalue weighted by molar-refractivity contribution is 7.92. The first-order valence-corrected chi connectivity index (χ1v) is 15.1. The van der Waals surface area contributed by atoms with Crippen molar-refractivity contribution in [3.05, 3.63) is 99.0 Å². The summed E-state index contributed by atoms with van der Waals surface area (Å²) in [4.78, 5) is 28.9. The van der Waals surface area contributed by atoms with Crippen LogP contribution in [0.5, 0.6) is 0 Å². The number of sulfonamides is 1. The zero-order valence-corrected chi connectivity index (χ0v) is 24.9. The van der Waals surface area contributed by atoms with Crippen LogP contribution in [0.25, 0.3) is 0 Å². The molecule has 208 valence electrons. The van der Waals surface area contributed by atoms with E-state index in [2.05, 4.69) is 5.32 Å². The molecule has 0 heterocycles. The Hall–Kier alpha value is -2.78. The summed E-state index contributed by atoms with van der Waals surface area (Å²) in [5, 5.41) is 3.76. The topological polar surface area (TPSA) is 86.8 Å². The van der Waals surface area contributed by atoms with Crippen LogP contribution >= 0.6 is 34.8 Å². The fraction of sp³-hybridized carbons (Fsp3) is 0.286. The van der Waals surface area contributed by atoms with Crippen LogP contribution < -0.4 is 9.62 Å². The lowest BCUT2D eigenvalue weighted by Crippen LogP contribution is -2.54. The van der Waals surface area contributed by atoms with E-state index < -0.39 is 28.5 Å². The maximum Gasteiger partial charge on any atom is 0.244 e. The molecular weight excluding hydrogens is 581 g/mol. The summed E-state index contributed by atoms with van der Waals surface area (Å²) < 4.78 is 26.6. The normalized spacial score (nSPS) is 12.2. The van der Waals surface area contributed by atoms with Gasteiger partial charge in [-0.15, -0.1) is 0 Å². The first-order chi connectivity index (χ1) is 18.3. The summed E-state index contributed by atoms with van der Waals surface area (Å²) in [7, 11) is -3.95. The Morgan fingerprint density at radius 3 is 2.10 bits per heavy atom. The number of carbonyl (C=O) groups excluding carboxylic acids is 2. The minimum atomic E-state index is -3.95. The second-order valence-electron chi connectivity index (χ2n) is 9.39. The van der Waals surface area contributed by atoms with Crippen molar-refractivity contribution in [2.24, 2.45) is 0 Å². The van der Waals surface area contributed by atoms with Crippen molar-refractivity contribution in [1.82, 2.24) is 10.2 Å². The van der Waals surface area contributed by atoms with Crippen molar-refractivity contribution in [3.63, 3.8) is 0 Å². The summed E-state index contributed by atoms with van der Waals surface area (Å²) in [5.41, 5.74) is 1.62. The van der Waals surface area contributed by atoms with Gasteiger partial charge in [0.15, 0.2) is 0 Å². The number of nitrogens with one attached hydrogen (secondary N) is 1. The molecule has 0 aliphatic heterocycles. The first kappa shape index (κ1) is 30.8. The Labute approximate surface area is 244 Å². The lowest BCUT2D eigenvalue weighted by atomic mass is 10.0. The zero-order valence-electron chi connectivity index (χ0n) is 21.8. The van der Waals surface area contributed by atoms with E-state index in [1.54, 1.807) is 24.3 Å². The zero-order chi connectivity index (χ0) is 28.7. The van der Waals surface area contributed by atoms with Crippen molar-refractivity contribution >= 4 is 62.3 Å². The summed E-state index contributed by atoms with van der Waals surface area (Å²) >= 11 is 18.5. The van der Waals surface area contributed by atoms with E-state index in [9.17, 15) is 18.0 Å². The molecule has 11 heteroatoms. The molecule has 0 saturated carbocycles. The van der Waals surface area contributed by atoms with Crippen molar-refractivity contribution in [1.29, 1.82) is 0 Å². The highest BCUT2D eigenvalue weighted by Gasteiger charge is 2.33.